The molecular weight excluding hydrogens is 178 g/mol. The lowest BCUT2D eigenvalue weighted by Gasteiger charge is -2.35. The van der Waals surface area contributed by atoms with Gasteiger partial charge in [-0.25, -0.2) is 0 Å². The van der Waals surface area contributed by atoms with E-state index < -0.39 is 5.54 Å². The fourth-order valence-electron chi connectivity index (χ4n) is 2.52. The van der Waals surface area contributed by atoms with Gasteiger partial charge >= 0.3 is 0 Å². The zero-order valence-electron chi connectivity index (χ0n) is 9.79. The number of carbonyl (C=O) groups is 1. The molecule has 1 saturated heterocycles. The highest BCUT2D eigenvalue weighted by atomic mass is 16.5. The van der Waals surface area contributed by atoms with Crippen molar-refractivity contribution in [2.24, 2.45) is 5.92 Å². The maximum atomic E-state index is 11.7. The summed E-state index contributed by atoms with van der Waals surface area (Å²) in [5.41, 5.74) is -0.727. The molecular formula is C11H21NO2. The van der Waals surface area contributed by atoms with Crippen molar-refractivity contribution in [3.05, 3.63) is 0 Å². The maximum Gasteiger partial charge on any atom is 0.137 e. The summed E-state index contributed by atoms with van der Waals surface area (Å²) in [5, 5.41) is 11.3. The van der Waals surface area contributed by atoms with Crippen LogP contribution in [0.5, 0.6) is 0 Å². The van der Waals surface area contributed by atoms with E-state index in [0.29, 0.717) is 6.42 Å². The number of carbonyl (C=O) groups excluding carboxylic acids is 1. The van der Waals surface area contributed by atoms with E-state index >= 15 is 0 Å². The Bertz CT molecular complexity index is 246. The number of rotatable bonds is 2. The third kappa shape index (κ3) is 1.59. The lowest BCUT2D eigenvalue weighted by molar-refractivity contribution is -0.197. The summed E-state index contributed by atoms with van der Waals surface area (Å²) in [6, 6.07) is 0. The van der Waals surface area contributed by atoms with Crippen molar-refractivity contribution in [3.8, 4) is 0 Å². The van der Waals surface area contributed by atoms with Crippen molar-refractivity contribution in [3.63, 3.8) is 0 Å². The van der Waals surface area contributed by atoms with E-state index in [0.717, 1.165) is 6.42 Å². The Morgan fingerprint density at radius 2 is 1.93 bits per heavy atom. The van der Waals surface area contributed by atoms with Gasteiger partial charge in [-0.15, -0.1) is 0 Å². The lowest BCUT2D eigenvalue weighted by Crippen LogP contribution is -2.48. The molecule has 0 aromatic heterocycles. The summed E-state index contributed by atoms with van der Waals surface area (Å²) in [6.07, 6.45) is 1.29. The van der Waals surface area contributed by atoms with Crippen LogP contribution in [-0.2, 0) is 4.79 Å². The Balaban J connectivity index is 2.97. The first kappa shape index (κ1) is 11.7. The van der Waals surface area contributed by atoms with Crippen molar-refractivity contribution < 1.29 is 10.0 Å². The number of Topliss-reactive ketones (excluding diaryl/α,β-unsaturated/α-hetero) is 1. The van der Waals surface area contributed by atoms with E-state index in [1.165, 1.54) is 5.06 Å². The van der Waals surface area contributed by atoms with E-state index in [1.807, 2.05) is 34.6 Å². The van der Waals surface area contributed by atoms with Crippen LogP contribution in [0.25, 0.3) is 0 Å². The van der Waals surface area contributed by atoms with Crippen LogP contribution >= 0.6 is 0 Å². The van der Waals surface area contributed by atoms with Gasteiger partial charge in [-0.1, -0.05) is 6.92 Å². The Hall–Kier alpha value is -0.410. The van der Waals surface area contributed by atoms with Gasteiger partial charge in [0.1, 0.15) is 5.78 Å². The molecule has 1 aliphatic heterocycles. The summed E-state index contributed by atoms with van der Waals surface area (Å²) in [5.74, 6) is 0.201. The van der Waals surface area contributed by atoms with Gasteiger partial charge in [-0.2, -0.15) is 5.06 Å². The number of nitrogens with zero attached hydrogens (tertiary/aromatic N) is 1. The summed E-state index contributed by atoms with van der Waals surface area (Å²) in [7, 11) is 0. The average molecular weight is 199 g/mol. The molecule has 1 unspecified atom stereocenters. The Labute approximate surface area is 86.1 Å². The Morgan fingerprint density at radius 1 is 1.43 bits per heavy atom. The maximum absolute atomic E-state index is 11.7. The molecule has 0 aliphatic carbocycles. The van der Waals surface area contributed by atoms with Crippen LogP contribution < -0.4 is 0 Å². The molecule has 1 atom stereocenters. The average Bonchev–Trinajstić information content (AvgIpc) is 2.25. The third-order valence-electron chi connectivity index (χ3n) is 3.41. The monoisotopic (exact) mass is 199 g/mol. The number of ketones is 1. The minimum atomic E-state index is -0.434. The van der Waals surface area contributed by atoms with Crippen molar-refractivity contribution >= 4 is 5.78 Å². The van der Waals surface area contributed by atoms with E-state index in [1.54, 1.807) is 0 Å². The molecule has 0 bridgehead atoms. The summed E-state index contributed by atoms with van der Waals surface area (Å²) in [4.78, 5) is 11.7. The van der Waals surface area contributed by atoms with Crippen LogP contribution in [0.3, 0.4) is 0 Å². The van der Waals surface area contributed by atoms with Gasteiger partial charge in [0.05, 0.1) is 5.54 Å². The molecule has 3 nitrogen and oxygen atoms in total. The molecule has 1 heterocycles. The molecule has 0 aromatic carbocycles. The highest BCUT2D eigenvalue weighted by molar-refractivity contribution is 5.82. The van der Waals surface area contributed by atoms with Crippen molar-refractivity contribution in [2.45, 2.75) is 58.5 Å². The van der Waals surface area contributed by atoms with Gasteiger partial charge in [0.25, 0.3) is 0 Å². The van der Waals surface area contributed by atoms with Crippen LogP contribution in [0, 0.1) is 5.92 Å². The van der Waals surface area contributed by atoms with Gasteiger partial charge < -0.3 is 5.21 Å². The van der Waals surface area contributed by atoms with Gasteiger partial charge in [-0.3, -0.25) is 4.79 Å². The summed E-state index contributed by atoms with van der Waals surface area (Å²) in [6.45, 7) is 9.68. The Morgan fingerprint density at radius 3 is 2.21 bits per heavy atom. The van der Waals surface area contributed by atoms with E-state index in [4.69, 9.17) is 0 Å². The molecule has 0 spiro atoms. The third-order valence-corrected chi connectivity index (χ3v) is 3.41. The molecule has 1 fully saturated rings. The van der Waals surface area contributed by atoms with Gasteiger partial charge in [0, 0.05) is 17.9 Å². The molecule has 3 heteroatoms. The second kappa shape index (κ2) is 3.31. The smallest absolute Gasteiger partial charge is 0.137 e. The minimum absolute atomic E-state index is 0.0486. The zero-order valence-corrected chi connectivity index (χ0v) is 9.79. The quantitative estimate of drug-likeness (QED) is 0.741. The molecule has 1 rings (SSSR count). The predicted molar refractivity (Wildman–Crippen MR) is 55.2 cm³/mol. The molecule has 0 saturated carbocycles. The molecule has 1 N–H and O–H groups in total. The molecule has 0 radical (unpaired) electrons. The largest absolute Gasteiger partial charge is 0.313 e. The van der Waals surface area contributed by atoms with Crippen LogP contribution in [0.2, 0.25) is 0 Å². The number of hydrogen-bond acceptors (Lipinski definition) is 3. The molecule has 0 aromatic rings. The first-order chi connectivity index (χ1) is 6.23. The topological polar surface area (TPSA) is 40.5 Å². The van der Waals surface area contributed by atoms with Gasteiger partial charge in [-0.05, 0) is 34.1 Å². The van der Waals surface area contributed by atoms with Crippen LogP contribution in [-0.4, -0.2) is 27.1 Å². The van der Waals surface area contributed by atoms with Gasteiger partial charge in [0.2, 0.25) is 0 Å². The first-order valence-electron chi connectivity index (χ1n) is 5.25. The summed E-state index contributed by atoms with van der Waals surface area (Å²) >= 11 is 0. The van der Waals surface area contributed by atoms with E-state index in [2.05, 4.69) is 0 Å². The predicted octanol–water partition coefficient (Wildman–Crippen LogP) is 2.23. The number of hydrogen-bond donors (Lipinski definition) is 1. The highest BCUT2D eigenvalue weighted by Crippen LogP contribution is 2.44. The zero-order chi connectivity index (χ0) is 11.1. The van der Waals surface area contributed by atoms with Crippen molar-refractivity contribution in [1.29, 1.82) is 0 Å². The second-order valence-corrected chi connectivity index (χ2v) is 5.35. The molecule has 1 aliphatic rings. The van der Waals surface area contributed by atoms with Crippen molar-refractivity contribution in [1.82, 2.24) is 5.06 Å². The normalized spacial score (nSPS) is 30.6. The fraction of sp³-hybridized carbons (Fsp3) is 0.909. The number of hydroxylamine groups is 2. The van der Waals surface area contributed by atoms with Crippen LogP contribution in [0.15, 0.2) is 0 Å². The van der Waals surface area contributed by atoms with E-state index in [-0.39, 0.29) is 17.2 Å². The minimum Gasteiger partial charge on any atom is -0.313 e. The first-order valence-corrected chi connectivity index (χ1v) is 5.25. The molecule has 82 valence electrons. The highest BCUT2D eigenvalue weighted by Gasteiger charge is 2.53. The fourth-order valence-corrected chi connectivity index (χ4v) is 2.52. The standard InChI is InChI=1S/C11H21NO2/c1-6-9(13)8-7-10(2,3)12(14)11(8,4)5/h8,14H,6-7H2,1-5H3. The summed E-state index contributed by atoms with van der Waals surface area (Å²) < 4.78 is 0. The molecule has 0 amide bonds. The van der Waals surface area contributed by atoms with Crippen molar-refractivity contribution in [2.75, 3.05) is 0 Å². The lowest BCUT2D eigenvalue weighted by atomic mass is 9.83. The van der Waals surface area contributed by atoms with Gasteiger partial charge in [0.15, 0.2) is 0 Å². The Kier molecular flexibility index (Phi) is 2.76. The van der Waals surface area contributed by atoms with Crippen LogP contribution in [0.4, 0.5) is 0 Å². The molecule has 14 heavy (non-hydrogen) atoms. The van der Waals surface area contributed by atoms with E-state index in [9.17, 15) is 10.0 Å². The second-order valence-electron chi connectivity index (χ2n) is 5.35. The SMILES string of the molecule is CCC(=O)C1CC(C)(C)N(O)C1(C)C. The van der Waals surface area contributed by atoms with Crippen LogP contribution in [0.1, 0.15) is 47.5 Å².